The third-order valence-electron chi connectivity index (χ3n) is 5.86. The Labute approximate surface area is 168 Å². The molecule has 2 aliphatic rings. The van der Waals surface area contributed by atoms with Crippen LogP contribution in [0.5, 0.6) is 5.75 Å². The summed E-state index contributed by atoms with van der Waals surface area (Å²) in [6.45, 7) is 1.04. The number of ether oxygens (including phenoxy) is 1. The van der Waals surface area contributed by atoms with Gasteiger partial charge >= 0.3 is 6.97 Å². The summed E-state index contributed by atoms with van der Waals surface area (Å²) in [6, 6.07) is 7.11. The van der Waals surface area contributed by atoms with E-state index in [0.29, 0.717) is 47.0 Å². The topological polar surface area (TPSA) is 34.2 Å². The molecular formula is C22H23BF2N2O2. The van der Waals surface area contributed by atoms with Crippen LogP contribution in [-0.2, 0) is 11.2 Å². The number of allylic oxidation sites excluding steroid dienone is 2. The van der Waals surface area contributed by atoms with Crippen molar-refractivity contribution in [1.82, 2.24) is 4.48 Å². The van der Waals surface area contributed by atoms with Crippen LogP contribution in [0, 0.1) is 13.8 Å². The average molecular weight is 396 g/mol. The Morgan fingerprint density at radius 3 is 2.48 bits per heavy atom. The number of fused-ring (bicyclic) bond motifs is 2. The lowest BCUT2D eigenvalue weighted by Gasteiger charge is -2.30. The molecule has 0 amide bonds. The molecule has 1 aromatic carbocycles. The van der Waals surface area contributed by atoms with Crippen molar-refractivity contribution in [3.63, 3.8) is 0 Å². The summed E-state index contributed by atoms with van der Waals surface area (Å²) >= 11 is 0. The Hall–Kier alpha value is -2.96. The first-order valence-electron chi connectivity index (χ1n) is 9.68. The van der Waals surface area contributed by atoms with E-state index < -0.39 is 6.97 Å². The fourth-order valence-electron chi connectivity index (χ4n) is 4.36. The molecule has 4 rings (SSSR count). The molecule has 4 nitrogen and oxygen atoms in total. The third kappa shape index (κ3) is 2.96. The lowest BCUT2D eigenvalue weighted by atomic mass is 9.90. The molecule has 0 bridgehead atoms. The molecule has 0 saturated heterocycles. The van der Waals surface area contributed by atoms with E-state index >= 15 is 8.63 Å². The van der Waals surface area contributed by atoms with Gasteiger partial charge in [0, 0.05) is 35.9 Å². The van der Waals surface area contributed by atoms with Gasteiger partial charge in [-0.05, 0) is 68.3 Å². The van der Waals surface area contributed by atoms with Crippen molar-refractivity contribution in [2.24, 2.45) is 0 Å². The molecule has 0 N–H and O–H groups in total. The average Bonchev–Trinajstić information content (AvgIpc) is 3.21. The highest BCUT2D eigenvalue weighted by Gasteiger charge is 2.53. The van der Waals surface area contributed by atoms with Crippen LogP contribution < -0.4 is 4.74 Å². The zero-order chi connectivity index (χ0) is 20.9. The standard InChI is InChI=1S/C22H23BF2N2O2/c1-14(28)5-11-20-15(2)22-13-18-8-12-21(17-6-9-19(29-4)10-7-17)27(18)23(24,25)26(22)16(20)3/h6-10,12-13H,5,11H2,1-4H3. The SMILES string of the molecule is COc1ccc(C2=[N+]3C(=Cc4c(C)c(CCC(C)=O)c(C)n4[B-]3(F)F)C=C2)cc1. The minimum atomic E-state index is -4.07. The number of benzene rings is 1. The van der Waals surface area contributed by atoms with E-state index in [-0.39, 0.29) is 5.78 Å². The summed E-state index contributed by atoms with van der Waals surface area (Å²) < 4.78 is 39.2. The summed E-state index contributed by atoms with van der Waals surface area (Å²) in [6.07, 6.45) is 6.11. The van der Waals surface area contributed by atoms with Crippen molar-refractivity contribution in [3.8, 4) is 5.75 Å². The highest BCUT2D eigenvalue weighted by atomic mass is 19.2. The second-order valence-electron chi connectivity index (χ2n) is 7.62. The molecule has 0 saturated carbocycles. The highest BCUT2D eigenvalue weighted by Crippen LogP contribution is 2.37. The Kier molecular flexibility index (Phi) is 4.56. The molecule has 0 unspecified atom stereocenters. The van der Waals surface area contributed by atoms with Gasteiger partial charge in [-0.1, -0.05) is 0 Å². The second-order valence-corrected chi connectivity index (χ2v) is 7.62. The van der Waals surface area contributed by atoms with Gasteiger partial charge in [-0.15, -0.1) is 0 Å². The van der Waals surface area contributed by atoms with Gasteiger partial charge in [0.1, 0.15) is 11.5 Å². The maximum absolute atomic E-state index is 15.8. The molecule has 2 aromatic rings. The first-order chi connectivity index (χ1) is 13.8. The molecule has 0 radical (unpaired) electrons. The third-order valence-corrected chi connectivity index (χ3v) is 5.86. The van der Waals surface area contributed by atoms with Crippen molar-refractivity contribution in [3.05, 3.63) is 70.2 Å². The van der Waals surface area contributed by atoms with E-state index in [0.717, 1.165) is 20.1 Å². The summed E-state index contributed by atoms with van der Waals surface area (Å²) in [7, 11) is 1.57. The Morgan fingerprint density at radius 1 is 1.17 bits per heavy atom. The quantitative estimate of drug-likeness (QED) is 0.707. The van der Waals surface area contributed by atoms with Gasteiger partial charge in [0.2, 0.25) is 0 Å². The van der Waals surface area contributed by atoms with Crippen molar-refractivity contribution in [1.29, 1.82) is 0 Å². The van der Waals surface area contributed by atoms with E-state index in [1.165, 1.54) is 6.92 Å². The largest absolute Gasteiger partial charge is 0.737 e. The van der Waals surface area contributed by atoms with Crippen LogP contribution in [0.2, 0.25) is 0 Å². The normalized spacial score (nSPS) is 16.6. The number of rotatable bonds is 5. The number of carbonyl (C=O) groups is 1. The molecule has 3 heterocycles. The number of halogens is 2. The molecule has 150 valence electrons. The molecular weight excluding hydrogens is 373 g/mol. The van der Waals surface area contributed by atoms with Crippen LogP contribution in [0.3, 0.4) is 0 Å². The number of aromatic nitrogens is 1. The summed E-state index contributed by atoms with van der Waals surface area (Å²) in [4.78, 5) is 11.4. The van der Waals surface area contributed by atoms with Gasteiger partial charge in [0.15, 0.2) is 11.4 Å². The zero-order valence-corrected chi connectivity index (χ0v) is 17.0. The van der Waals surface area contributed by atoms with E-state index in [4.69, 9.17) is 4.74 Å². The summed E-state index contributed by atoms with van der Waals surface area (Å²) in [5.74, 6) is 0.736. The van der Waals surface area contributed by atoms with Gasteiger partial charge in [0.25, 0.3) is 0 Å². The lowest BCUT2D eigenvalue weighted by Crippen LogP contribution is -2.50. The van der Waals surface area contributed by atoms with Gasteiger partial charge in [-0.25, -0.2) is 0 Å². The van der Waals surface area contributed by atoms with Crippen LogP contribution in [0.25, 0.3) is 6.08 Å². The monoisotopic (exact) mass is 396 g/mol. The Bertz CT molecular complexity index is 1110. The fourth-order valence-corrected chi connectivity index (χ4v) is 4.36. The molecule has 2 aliphatic heterocycles. The highest BCUT2D eigenvalue weighted by molar-refractivity contribution is 6.58. The molecule has 29 heavy (non-hydrogen) atoms. The first kappa shape index (κ1) is 19.4. The number of hydrogen-bond donors (Lipinski definition) is 0. The second kappa shape index (κ2) is 6.83. The molecule has 0 fully saturated rings. The lowest BCUT2D eigenvalue weighted by molar-refractivity contribution is -0.360. The fraction of sp³-hybridized carbons (Fsp3) is 0.273. The molecule has 1 aromatic heterocycles. The minimum Gasteiger partial charge on any atom is -0.497 e. The van der Waals surface area contributed by atoms with Crippen molar-refractivity contribution >= 4 is 24.5 Å². The smallest absolute Gasteiger partial charge is 0.497 e. The maximum atomic E-state index is 15.8. The van der Waals surface area contributed by atoms with Crippen molar-refractivity contribution in [2.45, 2.75) is 33.6 Å². The van der Waals surface area contributed by atoms with Crippen molar-refractivity contribution < 1.29 is 22.6 Å². The molecule has 0 atom stereocenters. The summed E-state index contributed by atoms with van der Waals surface area (Å²) in [5, 5.41) is 0. The predicted molar refractivity (Wildman–Crippen MR) is 111 cm³/mol. The Balaban J connectivity index is 1.86. The predicted octanol–water partition coefficient (Wildman–Crippen LogP) is 4.28. The van der Waals surface area contributed by atoms with Gasteiger partial charge in [-0.2, -0.15) is 0 Å². The van der Waals surface area contributed by atoms with Crippen LogP contribution in [0.1, 0.15) is 41.4 Å². The van der Waals surface area contributed by atoms with Gasteiger partial charge < -0.3 is 27.1 Å². The number of nitrogens with zero attached hydrogens (tertiary/aromatic N) is 2. The van der Waals surface area contributed by atoms with E-state index in [1.807, 2.05) is 13.0 Å². The number of ketones is 1. The van der Waals surface area contributed by atoms with Gasteiger partial charge in [-0.3, -0.25) is 0 Å². The number of Topliss-reactive ketones (excluding diaryl/α,β-unsaturated/α-hetero) is 1. The van der Waals surface area contributed by atoms with Crippen LogP contribution in [-0.4, -0.2) is 34.5 Å². The van der Waals surface area contributed by atoms with Crippen molar-refractivity contribution in [2.75, 3.05) is 7.11 Å². The van der Waals surface area contributed by atoms with Gasteiger partial charge in [0.05, 0.1) is 7.11 Å². The number of methoxy groups -OCH3 is 1. The maximum Gasteiger partial charge on any atom is 0.737 e. The number of hydrogen-bond acceptors (Lipinski definition) is 2. The van der Waals surface area contributed by atoms with E-state index in [9.17, 15) is 4.79 Å². The summed E-state index contributed by atoms with van der Waals surface area (Å²) in [5.41, 5.74) is 4.36. The van der Waals surface area contributed by atoms with Crippen LogP contribution in [0.15, 0.2) is 42.1 Å². The number of carbonyl (C=O) groups excluding carboxylic acids is 1. The van der Waals surface area contributed by atoms with Crippen LogP contribution >= 0.6 is 0 Å². The van der Waals surface area contributed by atoms with E-state index in [1.54, 1.807) is 50.5 Å². The molecule has 7 heteroatoms. The molecule has 0 spiro atoms. The molecule has 0 aliphatic carbocycles. The van der Waals surface area contributed by atoms with E-state index in [2.05, 4.69) is 0 Å². The van der Waals surface area contributed by atoms with Crippen LogP contribution in [0.4, 0.5) is 8.63 Å². The first-order valence-corrected chi connectivity index (χ1v) is 9.68. The Morgan fingerprint density at radius 2 is 1.86 bits per heavy atom. The zero-order valence-electron chi connectivity index (χ0n) is 17.0. The minimum absolute atomic E-state index is 0.0577.